The van der Waals surface area contributed by atoms with Crippen molar-refractivity contribution in [3.8, 4) is 11.5 Å². The van der Waals surface area contributed by atoms with Crippen LogP contribution in [-0.4, -0.2) is 51.9 Å². The van der Waals surface area contributed by atoms with E-state index in [4.69, 9.17) is 9.47 Å². The average Bonchev–Trinajstić information content (AvgIpc) is 3.27. The number of alkyl halides is 3. The minimum absolute atomic E-state index is 0.0947. The molecule has 11 nitrogen and oxygen atoms in total. The molecule has 3 N–H and O–H groups in total. The number of carbonyl (C=O) groups is 3. The van der Waals surface area contributed by atoms with Crippen molar-refractivity contribution in [3.05, 3.63) is 71.3 Å². The molecule has 0 saturated heterocycles. The van der Waals surface area contributed by atoms with Gasteiger partial charge in [-0.05, 0) is 62.2 Å². The summed E-state index contributed by atoms with van der Waals surface area (Å²) in [5.41, 5.74) is 1.54. The number of carbonyl (C=O) groups excluding carboxylic acids is 3. The lowest BCUT2D eigenvalue weighted by Crippen LogP contribution is -2.22. The third-order valence-corrected chi connectivity index (χ3v) is 6.00. The number of rotatable bonds is 14. The summed E-state index contributed by atoms with van der Waals surface area (Å²) < 4.78 is 77.4. The molecular formula is C26H27F3N2O9S. The van der Waals surface area contributed by atoms with E-state index < -0.39 is 34.9 Å². The van der Waals surface area contributed by atoms with Gasteiger partial charge in [0.15, 0.2) is 5.78 Å². The van der Waals surface area contributed by atoms with E-state index in [-0.39, 0.29) is 24.4 Å². The van der Waals surface area contributed by atoms with Crippen LogP contribution in [0.25, 0.3) is 0 Å². The second-order valence-electron chi connectivity index (χ2n) is 8.78. The molecule has 0 fully saturated rings. The molecule has 2 aromatic carbocycles. The lowest BCUT2D eigenvalue weighted by Gasteiger charge is -2.13. The predicted molar refractivity (Wildman–Crippen MR) is 137 cm³/mol. The van der Waals surface area contributed by atoms with Crippen molar-refractivity contribution in [2.75, 3.05) is 13.1 Å². The summed E-state index contributed by atoms with van der Waals surface area (Å²) in [4.78, 5) is 35.7. The molecule has 41 heavy (non-hydrogen) atoms. The highest BCUT2D eigenvalue weighted by molar-refractivity contribution is 7.84. The Hall–Kier alpha value is -3.95. The standard InChI is InChI=1S/C26H27F3N2O9S/c27-26(28,29)39-22-7-2-1-5-17(22)12-14-31-13-4-3-6-20(32)18-8-9-21-19(15-18)16-25(37-21)38-23(33)10-11-24(34)40-41(30,35)36/h1-2,5,7-11,15,25,31H,3-4,6,12-14,16H2,(H2,30,35,36)/b11-10-. The van der Waals surface area contributed by atoms with E-state index in [0.29, 0.717) is 66.9 Å². The van der Waals surface area contributed by atoms with Gasteiger partial charge in [0, 0.05) is 29.7 Å². The van der Waals surface area contributed by atoms with Gasteiger partial charge in [0.2, 0.25) is 6.29 Å². The molecule has 0 amide bonds. The van der Waals surface area contributed by atoms with Crippen LogP contribution in [0.5, 0.6) is 11.5 Å². The summed E-state index contributed by atoms with van der Waals surface area (Å²) in [5, 5.41) is 7.70. The maximum atomic E-state index is 12.6. The fourth-order valence-corrected chi connectivity index (χ4v) is 4.15. The number of ether oxygens (including phenoxy) is 3. The maximum absolute atomic E-state index is 12.6. The number of Topliss-reactive ketones (excluding diaryl/α,β-unsaturated/α-hetero) is 1. The Bertz CT molecular complexity index is 1390. The van der Waals surface area contributed by atoms with Crippen molar-refractivity contribution in [1.29, 1.82) is 0 Å². The summed E-state index contributed by atoms with van der Waals surface area (Å²) in [6.07, 6.45) is -2.53. The van der Waals surface area contributed by atoms with E-state index in [1.165, 1.54) is 12.1 Å². The molecular weight excluding hydrogens is 573 g/mol. The largest absolute Gasteiger partial charge is 0.573 e. The molecule has 2 aromatic rings. The average molecular weight is 601 g/mol. The van der Waals surface area contributed by atoms with Gasteiger partial charge in [-0.15, -0.1) is 13.2 Å². The van der Waals surface area contributed by atoms with Crippen molar-refractivity contribution >= 4 is 28.0 Å². The number of nitrogens with two attached hydrogens (primary N) is 1. The molecule has 1 aliphatic rings. The summed E-state index contributed by atoms with van der Waals surface area (Å²) >= 11 is 0. The van der Waals surface area contributed by atoms with Crippen molar-refractivity contribution in [1.82, 2.24) is 5.32 Å². The van der Waals surface area contributed by atoms with E-state index in [2.05, 4.69) is 19.4 Å². The first-order chi connectivity index (χ1) is 19.3. The number of hydrogen-bond acceptors (Lipinski definition) is 10. The molecule has 0 bridgehead atoms. The Kier molecular flexibility index (Phi) is 10.9. The summed E-state index contributed by atoms with van der Waals surface area (Å²) in [7, 11) is -4.51. The first-order valence-corrected chi connectivity index (χ1v) is 13.8. The van der Waals surface area contributed by atoms with E-state index in [0.717, 1.165) is 0 Å². The van der Waals surface area contributed by atoms with E-state index in [1.807, 2.05) is 0 Å². The minimum Gasteiger partial charge on any atom is -0.454 e. The van der Waals surface area contributed by atoms with Gasteiger partial charge in [0.05, 0.1) is 6.42 Å². The first-order valence-electron chi connectivity index (χ1n) is 12.3. The summed E-state index contributed by atoms with van der Waals surface area (Å²) in [5.74, 6) is -2.26. The highest BCUT2D eigenvalue weighted by Gasteiger charge is 2.32. The van der Waals surface area contributed by atoms with E-state index >= 15 is 0 Å². The zero-order valence-electron chi connectivity index (χ0n) is 21.5. The first kappa shape index (κ1) is 31.6. The molecule has 0 aromatic heterocycles. The number of benzene rings is 2. The number of fused-ring (bicyclic) bond motifs is 1. The molecule has 0 aliphatic carbocycles. The van der Waals surface area contributed by atoms with Crippen molar-refractivity contribution < 1.29 is 54.4 Å². The van der Waals surface area contributed by atoms with Crippen LogP contribution in [0.15, 0.2) is 54.6 Å². The second-order valence-corrected chi connectivity index (χ2v) is 9.93. The number of halogens is 3. The molecule has 15 heteroatoms. The lowest BCUT2D eigenvalue weighted by molar-refractivity contribution is -0.274. The van der Waals surface area contributed by atoms with E-state index in [9.17, 15) is 36.0 Å². The lowest BCUT2D eigenvalue weighted by atomic mass is 10.0. The van der Waals surface area contributed by atoms with Crippen molar-refractivity contribution in [3.63, 3.8) is 0 Å². The summed E-state index contributed by atoms with van der Waals surface area (Å²) in [6.45, 7) is 1.02. The van der Waals surface area contributed by atoms with Gasteiger partial charge >= 0.3 is 28.6 Å². The molecule has 1 unspecified atom stereocenters. The smallest absolute Gasteiger partial charge is 0.454 e. The van der Waals surface area contributed by atoms with Gasteiger partial charge in [0.1, 0.15) is 11.5 Å². The maximum Gasteiger partial charge on any atom is 0.573 e. The number of para-hydroxylation sites is 1. The van der Waals surface area contributed by atoms with Gasteiger partial charge in [-0.3, -0.25) is 4.79 Å². The Morgan fingerprint density at radius 1 is 1.05 bits per heavy atom. The number of ketones is 1. The number of unbranched alkanes of at least 4 members (excludes halogenated alkanes) is 1. The van der Waals surface area contributed by atoms with Gasteiger partial charge in [-0.2, -0.15) is 13.6 Å². The number of esters is 1. The fourth-order valence-electron chi connectivity index (χ4n) is 3.87. The molecule has 0 spiro atoms. The molecule has 3 rings (SSSR count). The minimum atomic E-state index is -4.76. The molecule has 222 valence electrons. The Labute approximate surface area is 233 Å². The zero-order chi connectivity index (χ0) is 30.0. The Balaban J connectivity index is 1.36. The van der Waals surface area contributed by atoms with Gasteiger partial charge < -0.3 is 23.7 Å². The topological polar surface area (TPSA) is 160 Å². The van der Waals surface area contributed by atoms with Crippen LogP contribution in [0.2, 0.25) is 0 Å². The van der Waals surface area contributed by atoms with Crippen molar-refractivity contribution in [2.24, 2.45) is 5.14 Å². The Morgan fingerprint density at radius 3 is 2.51 bits per heavy atom. The molecule has 1 heterocycles. The Morgan fingerprint density at radius 2 is 1.78 bits per heavy atom. The third kappa shape index (κ3) is 11.2. The molecule has 1 aliphatic heterocycles. The van der Waals surface area contributed by atoms with Crippen LogP contribution in [0.4, 0.5) is 13.2 Å². The fraction of sp³-hybridized carbons (Fsp3) is 0.346. The van der Waals surface area contributed by atoms with Crippen molar-refractivity contribution in [2.45, 2.75) is 44.8 Å². The highest BCUT2D eigenvalue weighted by Crippen LogP contribution is 2.31. The quantitative estimate of drug-likeness (QED) is 0.143. The van der Waals surface area contributed by atoms with Crippen LogP contribution >= 0.6 is 0 Å². The van der Waals surface area contributed by atoms with Crippen LogP contribution in [0.1, 0.15) is 40.7 Å². The normalized spacial score (nSPS) is 14.8. The van der Waals surface area contributed by atoms with Gasteiger partial charge in [0.25, 0.3) is 0 Å². The third-order valence-electron chi connectivity index (χ3n) is 5.61. The zero-order valence-corrected chi connectivity index (χ0v) is 22.3. The highest BCUT2D eigenvalue weighted by atomic mass is 32.2. The van der Waals surface area contributed by atoms with Crippen LogP contribution in [0.3, 0.4) is 0 Å². The molecule has 1 atom stereocenters. The number of nitrogens with one attached hydrogen (secondary N) is 1. The molecule has 0 saturated carbocycles. The monoisotopic (exact) mass is 600 g/mol. The van der Waals surface area contributed by atoms with E-state index in [1.54, 1.807) is 30.3 Å². The molecule has 0 radical (unpaired) electrons. The van der Waals surface area contributed by atoms with Crippen LogP contribution < -0.4 is 19.9 Å². The van der Waals surface area contributed by atoms with Gasteiger partial charge in [-0.1, -0.05) is 18.2 Å². The van der Waals surface area contributed by atoms with Gasteiger partial charge in [-0.25, -0.2) is 9.59 Å². The van der Waals surface area contributed by atoms with Crippen LogP contribution in [0, 0.1) is 0 Å². The summed E-state index contributed by atoms with van der Waals surface area (Å²) in [6, 6.07) is 10.8. The SMILES string of the molecule is NS(=O)(=O)OC(=O)/C=C\C(=O)OC1Cc2cc(C(=O)CCCCNCCc3ccccc3OC(F)(F)F)ccc2O1. The van der Waals surface area contributed by atoms with Crippen LogP contribution in [-0.2, 0) is 41.7 Å². The number of hydrogen-bond donors (Lipinski definition) is 2. The predicted octanol–water partition coefficient (Wildman–Crippen LogP) is 2.88. The second kappa shape index (κ2) is 14.1.